The Bertz CT molecular complexity index is 1480. The second-order valence-electron chi connectivity index (χ2n) is 10.2. The Balaban J connectivity index is 1.33. The molecule has 1 saturated heterocycles. The van der Waals surface area contributed by atoms with Gasteiger partial charge in [-0.25, -0.2) is 0 Å². The molecule has 1 saturated carbocycles. The maximum atomic E-state index is 13.6. The van der Waals surface area contributed by atoms with Gasteiger partial charge >= 0.3 is 0 Å². The van der Waals surface area contributed by atoms with Crippen molar-refractivity contribution >= 4 is 39.1 Å². The Hall–Kier alpha value is -3.63. The Morgan fingerprint density at radius 2 is 1.86 bits per heavy atom. The topological polar surface area (TPSA) is 109 Å². The second kappa shape index (κ2) is 9.35. The van der Waals surface area contributed by atoms with Crippen LogP contribution in [0.5, 0.6) is 5.75 Å². The van der Waals surface area contributed by atoms with Crippen LogP contribution >= 0.6 is 0 Å². The molecule has 6 rings (SSSR count). The van der Waals surface area contributed by atoms with Crippen molar-refractivity contribution in [2.24, 2.45) is 14.1 Å². The molecular weight excluding hydrogens is 470 g/mol. The van der Waals surface area contributed by atoms with E-state index in [4.69, 9.17) is 4.74 Å². The van der Waals surface area contributed by atoms with Crippen molar-refractivity contribution in [1.82, 2.24) is 24.9 Å². The number of aliphatic hydroxyl groups is 1. The van der Waals surface area contributed by atoms with Gasteiger partial charge in [0.05, 0.1) is 36.2 Å². The van der Waals surface area contributed by atoms with Crippen LogP contribution in [0.4, 0.5) is 11.4 Å². The molecule has 37 heavy (non-hydrogen) atoms. The van der Waals surface area contributed by atoms with E-state index in [1.54, 1.807) is 16.5 Å². The van der Waals surface area contributed by atoms with Crippen LogP contribution in [0, 0.1) is 0 Å². The van der Waals surface area contributed by atoms with Crippen LogP contribution in [0.15, 0.2) is 30.5 Å². The molecule has 2 aliphatic rings. The first-order chi connectivity index (χ1) is 17.9. The highest BCUT2D eigenvalue weighted by molar-refractivity contribution is 6.15. The summed E-state index contributed by atoms with van der Waals surface area (Å²) in [6.07, 6.45) is 6.63. The van der Waals surface area contributed by atoms with Crippen LogP contribution in [0.2, 0.25) is 0 Å². The SMILES string of the molecule is COc1cc2nn(C)cc2cc1NC(=O)c1ccc(N2CCC(NC3CC3)CC2)c2c(CO)n(C)nc12. The molecule has 10 heteroatoms. The van der Waals surface area contributed by atoms with Gasteiger partial charge in [0.1, 0.15) is 11.3 Å². The van der Waals surface area contributed by atoms with Crippen molar-refractivity contribution in [2.45, 2.75) is 44.4 Å². The van der Waals surface area contributed by atoms with Crippen molar-refractivity contribution in [3.05, 3.63) is 41.7 Å². The average Bonchev–Trinajstić information content (AvgIpc) is 3.53. The zero-order chi connectivity index (χ0) is 25.7. The van der Waals surface area contributed by atoms with Gasteiger partial charge in [-0.15, -0.1) is 0 Å². The Morgan fingerprint density at radius 1 is 1.11 bits per heavy atom. The van der Waals surface area contributed by atoms with Crippen molar-refractivity contribution in [2.75, 3.05) is 30.4 Å². The molecule has 3 N–H and O–H groups in total. The van der Waals surface area contributed by atoms with E-state index in [1.165, 1.54) is 12.8 Å². The van der Waals surface area contributed by atoms with Gasteiger partial charge in [-0.3, -0.25) is 14.2 Å². The molecule has 1 aliphatic carbocycles. The standard InChI is InChI=1S/C27H33N7O3/c1-32-14-16-12-21(24(37-3)13-20(16)30-32)29-27(36)19-6-7-22(25-23(15-35)33(2)31-26(19)25)34-10-8-18(9-11-34)28-17-4-5-17/h6-7,12-14,17-18,28,35H,4-5,8-11,15H2,1-3H3,(H,29,36). The molecule has 3 heterocycles. The van der Waals surface area contributed by atoms with E-state index < -0.39 is 0 Å². The number of benzene rings is 2. The predicted molar refractivity (Wildman–Crippen MR) is 143 cm³/mol. The molecule has 194 valence electrons. The smallest absolute Gasteiger partial charge is 0.258 e. The van der Waals surface area contributed by atoms with Crippen molar-refractivity contribution in [3.63, 3.8) is 0 Å². The summed E-state index contributed by atoms with van der Waals surface area (Å²) >= 11 is 0. The quantitative estimate of drug-likeness (QED) is 0.356. The van der Waals surface area contributed by atoms with E-state index in [-0.39, 0.29) is 12.5 Å². The summed E-state index contributed by atoms with van der Waals surface area (Å²) in [4.78, 5) is 15.9. The van der Waals surface area contributed by atoms with Gasteiger partial charge < -0.3 is 25.4 Å². The molecular formula is C27H33N7O3. The van der Waals surface area contributed by atoms with Crippen molar-refractivity contribution in [1.29, 1.82) is 0 Å². The lowest BCUT2D eigenvalue weighted by Crippen LogP contribution is -2.43. The molecule has 0 atom stereocenters. The normalized spacial score (nSPS) is 16.6. The van der Waals surface area contributed by atoms with E-state index >= 15 is 0 Å². The highest BCUT2D eigenvalue weighted by Crippen LogP contribution is 2.35. The first kappa shape index (κ1) is 23.7. The van der Waals surface area contributed by atoms with Gasteiger partial charge in [-0.2, -0.15) is 10.2 Å². The van der Waals surface area contributed by atoms with E-state index in [1.807, 2.05) is 44.6 Å². The van der Waals surface area contributed by atoms with E-state index in [0.717, 1.165) is 47.9 Å². The molecule has 0 unspecified atom stereocenters. The zero-order valence-corrected chi connectivity index (χ0v) is 21.5. The minimum atomic E-state index is -0.284. The number of nitrogens with zero attached hydrogens (tertiary/aromatic N) is 5. The van der Waals surface area contributed by atoms with Crippen LogP contribution < -0.4 is 20.3 Å². The van der Waals surface area contributed by atoms with Gasteiger partial charge in [0, 0.05) is 68.0 Å². The number of rotatable bonds is 7. The summed E-state index contributed by atoms with van der Waals surface area (Å²) in [6.45, 7) is 1.69. The summed E-state index contributed by atoms with van der Waals surface area (Å²) in [6, 6.07) is 8.78. The van der Waals surface area contributed by atoms with Crippen LogP contribution in [-0.2, 0) is 20.7 Å². The number of aliphatic hydroxyl groups excluding tert-OH is 1. The fraction of sp³-hybridized carbons (Fsp3) is 0.444. The molecule has 1 aliphatic heterocycles. The Labute approximate surface area is 215 Å². The monoisotopic (exact) mass is 503 g/mol. The number of ether oxygens (including phenoxy) is 1. The lowest BCUT2D eigenvalue weighted by Gasteiger charge is -2.34. The van der Waals surface area contributed by atoms with Crippen molar-refractivity contribution in [3.8, 4) is 5.75 Å². The number of aromatic nitrogens is 4. The average molecular weight is 504 g/mol. The molecule has 2 aromatic carbocycles. The zero-order valence-electron chi connectivity index (χ0n) is 21.5. The molecule has 2 aromatic heterocycles. The lowest BCUT2D eigenvalue weighted by molar-refractivity contribution is 0.102. The summed E-state index contributed by atoms with van der Waals surface area (Å²) in [5.41, 5.74) is 4.11. The third-order valence-electron chi connectivity index (χ3n) is 7.55. The molecule has 1 amide bonds. The predicted octanol–water partition coefficient (Wildman–Crippen LogP) is 2.93. The largest absolute Gasteiger partial charge is 0.494 e. The summed E-state index contributed by atoms with van der Waals surface area (Å²) in [7, 11) is 5.24. The Kier molecular flexibility index (Phi) is 6.00. The third kappa shape index (κ3) is 4.40. The van der Waals surface area contributed by atoms with E-state index in [0.29, 0.717) is 40.3 Å². The van der Waals surface area contributed by atoms with Gasteiger partial charge in [0.25, 0.3) is 5.91 Å². The molecule has 0 radical (unpaired) electrons. The molecule has 2 fully saturated rings. The van der Waals surface area contributed by atoms with Crippen LogP contribution in [0.25, 0.3) is 21.8 Å². The molecule has 10 nitrogen and oxygen atoms in total. The number of nitrogens with one attached hydrogen (secondary N) is 2. The van der Waals surface area contributed by atoms with Gasteiger partial charge in [-0.1, -0.05) is 0 Å². The number of hydrogen-bond donors (Lipinski definition) is 3. The maximum absolute atomic E-state index is 13.6. The highest BCUT2D eigenvalue weighted by atomic mass is 16.5. The van der Waals surface area contributed by atoms with Crippen LogP contribution in [-0.4, -0.2) is 62.9 Å². The van der Waals surface area contributed by atoms with Crippen LogP contribution in [0.3, 0.4) is 0 Å². The minimum absolute atomic E-state index is 0.156. The minimum Gasteiger partial charge on any atom is -0.494 e. The second-order valence-corrected chi connectivity index (χ2v) is 10.2. The molecule has 4 aromatic rings. The fourth-order valence-electron chi connectivity index (χ4n) is 5.47. The number of amides is 1. The van der Waals surface area contributed by atoms with Crippen LogP contribution in [0.1, 0.15) is 41.7 Å². The van der Waals surface area contributed by atoms with Crippen molar-refractivity contribution < 1.29 is 14.6 Å². The van der Waals surface area contributed by atoms with E-state index in [9.17, 15) is 9.90 Å². The fourth-order valence-corrected chi connectivity index (χ4v) is 5.47. The van der Waals surface area contributed by atoms with Gasteiger partial charge in [0.15, 0.2) is 0 Å². The number of anilines is 2. The molecule has 0 bridgehead atoms. The highest BCUT2D eigenvalue weighted by Gasteiger charge is 2.29. The Morgan fingerprint density at radius 3 is 2.57 bits per heavy atom. The van der Waals surface area contributed by atoms with Gasteiger partial charge in [-0.05, 0) is 43.9 Å². The summed E-state index contributed by atoms with van der Waals surface area (Å²) in [5.74, 6) is 0.250. The summed E-state index contributed by atoms with van der Waals surface area (Å²) < 4.78 is 8.94. The first-order valence-electron chi connectivity index (χ1n) is 12.9. The van der Waals surface area contributed by atoms with E-state index in [2.05, 4.69) is 25.7 Å². The van der Waals surface area contributed by atoms with Gasteiger partial charge in [0.2, 0.25) is 0 Å². The number of aryl methyl sites for hydroxylation is 2. The number of fused-ring (bicyclic) bond motifs is 2. The third-order valence-corrected chi connectivity index (χ3v) is 7.55. The maximum Gasteiger partial charge on any atom is 0.258 e. The molecule has 0 spiro atoms. The number of hydrogen-bond acceptors (Lipinski definition) is 7. The summed E-state index contributed by atoms with van der Waals surface area (Å²) in [5, 5.41) is 27.8. The number of carbonyl (C=O) groups is 1. The number of carbonyl (C=O) groups excluding carboxylic acids is 1. The lowest BCUT2D eigenvalue weighted by atomic mass is 10.0. The number of methoxy groups -OCH3 is 1. The first-order valence-corrected chi connectivity index (χ1v) is 12.9. The number of piperidine rings is 1.